The average molecular weight is 113 g/mol. The summed E-state index contributed by atoms with van der Waals surface area (Å²) in [4.78, 5) is 0. The molecule has 2 saturated carbocycles. The van der Waals surface area contributed by atoms with Crippen molar-refractivity contribution in [1.29, 1.82) is 0 Å². The molecular weight excluding hydrogens is 102 g/mol. The molecule has 0 aromatic heterocycles. The lowest BCUT2D eigenvalue weighted by Gasteiger charge is -1.85. The van der Waals surface area contributed by atoms with Crippen LogP contribution in [0.5, 0.6) is 0 Å². The van der Waals surface area contributed by atoms with Crippen LogP contribution >= 0.6 is 0 Å². The number of hydrogen-bond acceptors (Lipinski definition) is 2. The molecule has 0 amide bonds. The van der Waals surface area contributed by atoms with Gasteiger partial charge in [-0.3, -0.25) is 0 Å². The molecule has 8 heavy (non-hydrogen) atoms. The fourth-order valence-corrected chi connectivity index (χ4v) is 1.70. The van der Waals surface area contributed by atoms with E-state index in [0.717, 1.165) is 6.42 Å². The molecule has 0 unspecified atom stereocenters. The fraction of sp³-hybridized carbons (Fsp3) is 1.00. The summed E-state index contributed by atoms with van der Waals surface area (Å²) < 4.78 is 0. The summed E-state index contributed by atoms with van der Waals surface area (Å²) in [7, 11) is 0. The van der Waals surface area contributed by atoms with Crippen molar-refractivity contribution in [1.82, 2.24) is 0 Å². The first-order chi connectivity index (χ1) is 3.79. The molecule has 0 radical (unpaired) electrons. The molecule has 2 aliphatic rings. The van der Waals surface area contributed by atoms with Crippen molar-refractivity contribution in [3.63, 3.8) is 0 Å². The maximum Gasteiger partial charge on any atom is 0.0465 e. The summed E-state index contributed by atoms with van der Waals surface area (Å²) in [5.74, 6) is 0.567. The minimum Gasteiger partial charge on any atom is -0.396 e. The van der Waals surface area contributed by atoms with Crippen LogP contribution in [0.25, 0.3) is 0 Å². The molecule has 0 aromatic rings. The number of nitrogens with two attached hydrogens (primary N) is 1. The Balaban J connectivity index is 1.97. The van der Waals surface area contributed by atoms with Crippen LogP contribution in [0.15, 0.2) is 0 Å². The molecule has 2 aliphatic carbocycles. The number of aliphatic hydroxyl groups is 1. The monoisotopic (exact) mass is 113 g/mol. The molecule has 2 rings (SSSR count). The number of aliphatic hydroxyl groups excluding tert-OH is 1. The van der Waals surface area contributed by atoms with E-state index in [1.807, 2.05) is 0 Å². The summed E-state index contributed by atoms with van der Waals surface area (Å²) in [6.07, 6.45) is 2.35. The summed E-state index contributed by atoms with van der Waals surface area (Å²) in [6.45, 7) is 0.355. The highest BCUT2D eigenvalue weighted by atomic mass is 16.3. The van der Waals surface area contributed by atoms with Crippen LogP contribution in [0.1, 0.15) is 12.8 Å². The molecule has 0 heterocycles. The molecule has 46 valence electrons. The predicted molar refractivity (Wildman–Crippen MR) is 30.2 cm³/mol. The second-order valence-corrected chi connectivity index (χ2v) is 3.13. The molecule has 0 aliphatic heterocycles. The highest BCUT2D eigenvalue weighted by Gasteiger charge is 2.68. The Morgan fingerprint density at radius 2 is 2.25 bits per heavy atom. The van der Waals surface area contributed by atoms with Crippen LogP contribution in [-0.2, 0) is 0 Å². The molecule has 2 heteroatoms. The Hall–Kier alpha value is -0.0800. The molecule has 0 bridgehead atoms. The largest absolute Gasteiger partial charge is 0.396 e. The number of rotatable bonds is 1. The lowest BCUT2D eigenvalue weighted by Crippen LogP contribution is -2.04. The zero-order chi connectivity index (χ0) is 5.78. The van der Waals surface area contributed by atoms with Crippen molar-refractivity contribution in [2.75, 3.05) is 6.61 Å². The smallest absolute Gasteiger partial charge is 0.0465 e. The van der Waals surface area contributed by atoms with Crippen molar-refractivity contribution >= 4 is 0 Å². The predicted octanol–water partition coefficient (Wildman–Crippen LogP) is -0.284. The van der Waals surface area contributed by atoms with Crippen LogP contribution in [0.2, 0.25) is 0 Å². The second-order valence-electron chi connectivity index (χ2n) is 3.13. The van der Waals surface area contributed by atoms with E-state index in [1.54, 1.807) is 0 Å². The normalized spacial score (nSPS) is 59.2. The average Bonchev–Trinajstić information content (AvgIpc) is 2.55. The Bertz CT molecular complexity index is 126. The molecule has 2 nitrogen and oxygen atoms in total. The molecule has 3 atom stereocenters. The van der Waals surface area contributed by atoms with Crippen LogP contribution in [0.4, 0.5) is 0 Å². The van der Waals surface area contributed by atoms with E-state index < -0.39 is 0 Å². The maximum absolute atomic E-state index is 8.64. The summed E-state index contributed by atoms with van der Waals surface area (Å²) in [5, 5.41) is 8.64. The van der Waals surface area contributed by atoms with Crippen molar-refractivity contribution in [3.8, 4) is 0 Å². The molecule has 0 aromatic carbocycles. The lowest BCUT2D eigenvalue weighted by atomic mass is 10.3. The quantitative estimate of drug-likeness (QED) is 0.491. The van der Waals surface area contributed by atoms with E-state index in [-0.39, 0.29) is 0 Å². The topological polar surface area (TPSA) is 46.2 Å². The Kier molecular flexibility index (Phi) is 0.649. The lowest BCUT2D eigenvalue weighted by molar-refractivity contribution is 0.266. The van der Waals surface area contributed by atoms with E-state index in [4.69, 9.17) is 10.8 Å². The third kappa shape index (κ3) is 0.361. The summed E-state index contributed by atoms with van der Waals surface area (Å²) in [6, 6.07) is 0.430. The van der Waals surface area contributed by atoms with Crippen molar-refractivity contribution < 1.29 is 5.11 Å². The molecule has 3 N–H and O–H groups in total. The van der Waals surface area contributed by atoms with Gasteiger partial charge in [0.15, 0.2) is 0 Å². The van der Waals surface area contributed by atoms with Crippen LogP contribution in [0.3, 0.4) is 0 Å². The van der Waals surface area contributed by atoms with E-state index in [9.17, 15) is 0 Å². The van der Waals surface area contributed by atoms with Gasteiger partial charge in [-0.2, -0.15) is 0 Å². The van der Waals surface area contributed by atoms with Gasteiger partial charge in [0.1, 0.15) is 0 Å². The van der Waals surface area contributed by atoms with Crippen LogP contribution in [-0.4, -0.2) is 17.8 Å². The van der Waals surface area contributed by atoms with Gasteiger partial charge < -0.3 is 10.8 Å². The minimum atomic E-state index is 0.355. The molecule has 0 saturated heterocycles. The summed E-state index contributed by atoms with van der Waals surface area (Å²) in [5.41, 5.74) is 6.07. The van der Waals surface area contributed by atoms with Crippen molar-refractivity contribution in [3.05, 3.63) is 0 Å². The molecular formula is C6H11NO. The van der Waals surface area contributed by atoms with Gasteiger partial charge in [-0.15, -0.1) is 0 Å². The van der Waals surface area contributed by atoms with Gasteiger partial charge in [-0.05, 0) is 24.2 Å². The van der Waals surface area contributed by atoms with Gasteiger partial charge in [0.25, 0.3) is 0 Å². The highest BCUT2D eigenvalue weighted by Crippen LogP contribution is 2.69. The van der Waals surface area contributed by atoms with Gasteiger partial charge in [0.05, 0.1) is 0 Å². The third-order valence-electron chi connectivity index (χ3n) is 2.68. The summed E-state index contributed by atoms with van der Waals surface area (Å²) >= 11 is 0. The first kappa shape index (κ1) is 4.77. The molecule has 1 spiro atoms. The standard InChI is InChI=1S/C6H11NO/c7-5-2-6(5)1-4(6)3-8/h4-5,8H,1-3,7H2/t4-,5-,6-/m0/s1. The first-order valence-corrected chi connectivity index (χ1v) is 3.16. The Morgan fingerprint density at radius 1 is 1.62 bits per heavy atom. The van der Waals surface area contributed by atoms with Crippen molar-refractivity contribution in [2.45, 2.75) is 18.9 Å². The van der Waals surface area contributed by atoms with Gasteiger partial charge in [-0.1, -0.05) is 0 Å². The van der Waals surface area contributed by atoms with Crippen LogP contribution in [0, 0.1) is 11.3 Å². The maximum atomic E-state index is 8.64. The second kappa shape index (κ2) is 1.09. The van der Waals surface area contributed by atoms with Gasteiger partial charge in [-0.25, -0.2) is 0 Å². The zero-order valence-electron chi connectivity index (χ0n) is 4.80. The fourth-order valence-electron chi connectivity index (χ4n) is 1.70. The van der Waals surface area contributed by atoms with Crippen molar-refractivity contribution in [2.24, 2.45) is 17.1 Å². The molecule has 2 fully saturated rings. The number of hydrogen-bond donors (Lipinski definition) is 2. The Morgan fingerprint density at radius 3 is 2.38 bits per heavy atom. The van der Waals surface area contributed by atoms with E-state index in [2.05, 4.69) is 0 Å². The van der Waals surface area contributed by atoms with E-state index in [1.165, 1.54) is 6.42 Å². The highest BCUT2D eigenvalue weighted by molar-refractivity contribution is 5.21. The zero-order valence-corrected chi connectivity index (χ0v) is 4.80. The van der Waals surface area contributed by atoms with Gasteiger partial charge in [0, 0.05) is 12.6 Å². The van der Waals surface area contributed by atoms with E-state index >= 15 is 0 Å². The Labute approximate surface area is 48.7 Å². The van der Waals surface area contributed by atoms with E-state index in [0.29, 0.717) is 24.0 Å². The minimum absolute atomic E-state index is 0.355. The first-order valence-electron chi connectivity index (χ1n) is 3.16. The van der Waals surface area contributed by atoms with Gasteiger partial charge in [0.2, 0.25) is 0 Å². The third-order valence-corrected chi connectivity index (χ3v) is 2.68. The SMILES string of the molecule is N[C@H]1C[C@]12C[C@H]2CO. The van der Waals surface area contributed by atoms with Crippen LogP contribution < -0.4 is 5.73 Å². The van der Waals surface area contributed by atoms with Gasteiger partial charge >= 0.3 is 0 Å².